The van der Waals surface area contributed by atoms with E-state index in [9.17, 15) is 4.79 Å². The SMILES string of the molecule is CCc1nc(C)c(C(=O)N(C)Cc2noc(C(C)C)n2)o1. The monoisotopic (exact) mass is 292 g/mol. The van der Waals surface area contributed by atoms with Crippen molar-refractivity contribution in [2.45, 2.75) is 46.6 Å². The number of aryl methyl sites for hydroxylation is 2. The summed E-state index contributed by atoms with van der Waals surface area (Å²) in [6.07, 6.45) is 0.653. The highest BCUT2D eigenvalue weighted by Gasteiger charge is 2.22. The predicted molar refractivity (Wildman–Crippen MR) is 74.8 cm³/mol. The molecule has 7 nitrogen and oxygen atoms in total. The van der Waals surface area contributed by atoms with E-state index in [1.165, 1.54) is 4.90 Å². The van der Waals surface area contributed by atoms with Crippen LogP contribution in [0.1, 0.15) is 60.5 Å². The molecule has 21 heavy (non-hydrogen) atoms. The van der Waals surface area contributed by atoms with Gasteiger partial charge in [0.25, 0.3) is 5.91 Å². The van der Waals surface area contributed by atoms with Gasteiger partial charge in [0.1, 0.15) is 0 Å². The van der Waals surface area contributed by atoms with Crippen molar-refractivity contribution in [3.05, 3.63) is 29.1 Å². The summed E-state index contributed by atoms with van der Waals surface area (Å²) >= 11 is 0. The van der Waals surface area contributed by atoms with Gasteiger partial charge in [-0.15, -0.1) is 0 Å². The fourth-order valence-corrected chi connectivity index (χ4v) is 1.83. The molecule has 2 heterocycles. The Morgan fingerprint density at radius 3 is 2.57 bits per heavy atom. The van der Waals surface area contributed by atoms with Gasteiger partial charge in [0.05, 0.1) is 12.2 Å². The molecule has 0 aromatic carbocycles. The summed E-state index contributed by atoms with van der Waals surface area (Å²) in [6.45, 7) is 7.88. The van der Waals surface area contributed by atoms with Gasteiger partial charge in [-0.1, -0.05) is 25.9 Å². The van der Waals surface area contributed by atoms with Crippen molar-refractivity contribution in [3.8, 4) is 0 Å². The van der Waals surface area contributed by atoms with Crippen molar-refractivity contribution in [2.75, 3.05) is 7.05 Å². The van der Waals surface area contributed by atoms with Crippen LogP contribution in [-0.2, 0) is 13.0 Å². The van der Waals surface area contributed by atoms with Crippen LogP contribution in [0.5, 0.6) is 0 Å². The van der Waals surface area contributed by atoms with E-state index in [1.54, 1.807) is 14.0 Å². The third kappa shape index (κ3) is 3.29. The normalized spacial score (nSPS) is 11.1. The lowest BCUT2D eigenvalue weighted by molar-refractivity contribution is 0.0746. The van der Waals surface area contributed by atoms with Gasteiger partial charge in [0.2, 0.25) is 11.7 Å². The lowest BCUT2D eigenvalue weighted by atomic mass is 10.2. The van der Waals surface area contributed by atoms with Gasteiger partial charge in [-0.25, -0.2) is 4.98 Å². The summed E-state index contributed by atoms with van der Waals surface area (Å²) in [5.41, 5.74) is 0.597. The number of aromatic nitrogens is 3. The molecule has 0 aliphatic heterocycles. The first-order valence-corrected chi connectivity index (χ1v) is 6.96. The molecule has 0 N–H and O–H groups in total. The van der Waals surface area contributed by atoms with E-state index >= 15 is 0 Å². The van der Waals surface area contributed by atoms with Crippen molar-refractivity contribution in [2.24, 2.45) is 0 Å². The lowest BCUT2D eigenvalue weighted by Crippen LogP contribution is -2.27. The molecule has 0 aliphatic rings. The maximum absolute atomic E-state index is 12.3. The number of carbonyl (C=O) groups excluding carboxylic acids is 1. The molecule has 2 aromatic heterocycles. The number of hydrogen-bond donors (Lipinski definition) is 0. The Bertz CT molecular complexity index is 630. The summed E-state index contributed by atoms with van der Waals surface area (Å²) in [4.78, 5) is 22.3. The zero-order valence-electron chi connectivity index (χ0n) is 13.0. The molecule has 0 atom stereocenters. The molecule has 7 heteroatoms. The second-order valence-electron chi connectivity index (χ2n) is 5.24. The average molecular weight is 292 g/mol. The van der Waals surface area contributed by atoms with Gasteiger partial charge < -0.3 is 13.8 Å². The molecule has 0 aliphatic carbocycles. The topological polar surface area (TPSA) is 85.3 Å². The molecule has 0 saturated carbocycles. The summed E-state index contributed by atoms with van der Waals surface area (Å²) < 4.78 is 10.6. The van der Waals surface area contributed by atoms with Crippen LogP contribution in [0.2, 0.25) is 0 Å². The minimum Gasteiger partial charge on any atom is -0.435 e. The van der Waals surface area contributed by atoms with Crippen LogP contribution < -0.4 is 0 Å². The quantitative estimate of drug-likeness (QED) is 0.840. The van der Waals surface area contributed by atoms with E-state index in [0.717, 1.165) is 0 Å². The first-order chi connectivity index (χ1) is 9.92. The van der Waals surface area contributed by atoms with Crippen molar-refractivity contribution in [3.63, 3.8) is 0 Å². The van der Waals surface area contributed by atoms with E-state index in [4.69, 9.17) is 8.94 Å². The summed E-state index contributed by atoms with van der Waals surface area (Å²) in [5, 5.41) is 3.87. The third-order valence-electron chi connectivity index (χ3n) is 3.04. The van der Waals surface area contributed by atoms with Crippen LogP contribution in [0.25, 0.3) is 0 Å². The highest BCUT2D eigenvalue weighted by Crippen LogP contribution is 2.15. The minimum atomic E-state index is -0.240. The Morgan fingerprint density at radius 1 is 1.33 bits per heavy atom. The maximum atomic E-state index is 12.3. The Hall–Kier alpha value is -2.18. The molecule has 0 unspecified atom stereocenters. The summed E-state index contributed by atoms with van der Waals surface area (Å²) in [7, 11) is 1.67. The number of nitrogens with zero attached hydrogens (tertiary/aromatic N) is 4. The highest BCUT2D eigenvalue weighted by molar-refractivity contribution is 5.92. The molecule has 2 rings (SSSR count). The standard InChI is InChI=1S/C14H20N4O3/c1-6-11-15-9(4)12(20-11)14(19)18(5)7-10-16-13(8(2)3)21-17-10/h8H,6-7H2,1-5H3. The Balaban J connectivity index is 2.09. The smallest absolute Gasteiger partial charge is 0.291 e. The van der Waals surface area contributed by atoms with Crippen LogP contribution in [-0.4, -0.2) is 33.0 Å². The Morgan fingerprint density at radius 2 is 2.05 bits per heavy atom. The van der Waals surface area contributed by atoms with Crippen molar-refractivity contribution in [1.82, 2.24) is 20.0 Å². The molecule has 0 spiro atoms. The van der Waals surface area contributed by atoms with Crippen LogP contribution in [0.3, 0.4) is 0 Å². The van der Waals surface area contributed by atoms with Gasteiger partial charge in [-0.3, -0.25) is 4.79 Å². The minimum absolute atomic E-state index is 0.163. The van der Waals surface area contributed by atoms with Crippen LogP contribution in [0.15, 0.2) is 8.94 Å². The van der Waals surface area contributed by atoms with Crippen molar-refractivity contribution in [1.29, 1.82) is 0 Å². The lowest BCUT2D eigenvalue weighted by Gasteiger charge is -2.13. The van der Waals surface area contributed by atoms with Crippen molar-refractivity contribution >= 4 is 5.91 Å². The third-order valence-corrected chi connectivity index (χ3v) is 3.04. The molecule has 2 aromatic rings. The largest absolute Gasteiger partial charge is 0.435 e. The van der Waals surface area contributed by atoms with E-state index in [0.29, 0.717) is 29.7 Å². The average Bonchev–Trinajstić information content (AvgIpc) is 3.04. The predicted octanol–water partition coefficient (Wildman–Crippen LogP) is 2.32. The van der Waals surface area contributed by atoms with E-state index in [2.05, 4.69) is 15.1 Å². The molecule has 0 radical (unpaired) electrons. The number of amides is 1. The second kappa shape index (κ2) is 6.07. The molecular weight excluding hydrogens is 272 g/mol. The Labute approximate surface area is 123 Å². The summed E-state index contributed by atoms with van der Waals surface area (Å²) in [6, 6.07) is 0. The molecule has 1 amide bonds. The fraction of sp³-hybridized carbons (Fsp3) is 0.571. The fourth-order valence-electron chi connectivity index (χ4n) is 1.83. The zero-order chi connectivity index (χ0) is 15.6. The molecule has 114 valence electrons. The molecule has 0 fully saturated rings. The first-order valence-electron chi connectivity index (χ1n) is 6.96. The number of carbonyl (C=O) groups is 1. The highest BCUT2D eigenvalue weighted by atomic mass is 16.5. The van der Waals surface area contributed by atoms with E-state index < -0.39 is 0 Å². The number of hydrogen-bond acceptors (Lipinski definition) is 6. The Kier molecular flexibility index (Phi) is 4.40. The van der Waals surface area contributed by atoms with Crippen LogP contribution in [0, 0.1) is 6.92 Å². The van der Waals surface area contributed by atoms with Crippen molar-refractivity contribution < 1.29 is 13.7 Å². The first kappa shape index (κ1) is 15.2. The summed E-state index contributed by atoms with van der Waals surface area (Å²) in [5.74, 6) is 1.79. The van der Waals surface area contributed by atoms with Gasteiger partial charge in [-0.2, -0.15) is 4.98 Å². The zero-order valence-corrected chi connectivity index (χ0v) is 13.0. The number of rotatable bonds is 5. The van der Waals surface area contributed by atoms with Gasteiger partial charge in [-0.05, 0) is 6.92 Å². The van der Waals surface area contributed by atoms with Gasteiger partial charge in [0.15, 0.2) is 11.7 Å². The maximum Gasteiger partial charge on any atom is 0.291 e. The number of oxazole rings is 1. The van der Waals surface area contributed by atoms with Crippen LogP contribution in [0.4, 0.5) is 0 Å². The van der Waals surface area contributed by atoms with Gasteiger partial charge in [0, 0.05) is 19.4 Å². The molecular formula is C14H20N4O3. The van der Waals surface area contributed by atoms with Gasteiger partial charge >= 0.3 is 0 Å². The van der Waals surface area contributed by atoms with Crippen LogP contribution >= 0.6 is 0 Å². The second-order valence-corrected chi connectivity index (χ2v) is 5.24. The molecule has 0 saturated heterocycles. The molecule has 0 bridgehead atoms. The van der Waals surface area contributed by atoms with E-state index in [-0.39, 0.29) is 24.1 Å². The van der Waals surface area contributed by atoms with E-state index in [1.807, 2.05) is 20.8 Å².